The van der Waals surface area contributed by atoms with Crippen molar-refractivity contribution in [3.63, 3.8) is 0 Å². The van der Waals surface area contributed by atoms with Crippen LogP contribution in [0.25, 0.3) is 11.1 Å². The molecule has 0 radical (unpaired) electrons. The maximum Gasteiger partial charge on any atom is 0.355 e. The predicted molar refractivity (Wildman–Crippen MR) is 59.2 cm³/mol. The van der Waals surface area contributed by atoms with Crippen LogP contribution in [-0.2, 0) is 0 Å². The molecule has 0 saturated carbocycles. The highest BCUT2D eigenvalue weighted by Crippen LogP contribution is 2.22. The quantitative estimate of drug-likeness (QED) is 0.831. The number of carbonyl (C=O) groups is 1. The van der Waals surface area contributed by atoms with Crippen molar-refractivity contribution in [2.24, 2.45) is 0 Å². The molecule has 80 valence electrons. The van der Waals surface area contributed by atoms with Crippen molar-refractivity contribution in [2.45, 2.75) is 6.92 Å². The zero-order chi connectivity index (χ0) is 11.5. The van der Waals surface area contributed by atoms with Gasteiger partial charge in [-0.05, 0) is 30.7 Å². The molecule has 4 nitrogen and oxygen atoms in total. The van der Waals surface area contributed by atoms with Crippen molar-refractivity contribution in [1.82, 2.24) is 9.97 Å². The molecular weight excluding hydrogens is 204 g/mol. The third kappa shape index (κ3) is 1.91. The van der Waals surface area contributed by atoms with Crippen molar-refractivity contribution < 1.29 is 9.90 Å². The largest absolute Gasteiger partial charge is 0.476 e. The molecule has 0 fully saturated rings. The topological polar surface area (TPSA) is 63.1 Å². The molecule has 0 atom stereocenters. The Bertz CT molecular complexity index is 538. The smallest absolute Gasteiger partial charge is 0.355 e. The summed E-state index contributed by atoms with van der Waals surface area (Å²) in [7, 11) is 0. The SMILES string of the molecule is Cc1cc(-c2cccnc2C(=O)O)ccn1. The number of hydrogen-bond donors (Lipinski definition) is 1. The molecule has 0 bridgehead atoms. The maximum atomic E-state index is 11.0. The summed E-state index contributed by atoms with van der Waals surface area (Å²) in [5.74, 6) is -1.02. The van der Waals surface area contributed by atoms with Gasteiger partial charge in [0.2, 0.25) is 0 Å². The van der Waals surface area contributed by atoms with Gasteiger partial charge in [-0.2, -0.15) is 0 Å². The Morgan fingerprint density at radius 3 is 2.75 bits per heavy atom. The zero-order valence-electron chi connectivity index (χ0n) is 8.71. The fourth-order valence-electron chi connectivity index (χ4n) is 1.52. The van der Waals surface area contributed by atoms with Gasteiger partial charge in [0.1, 0.15) is 0 Å². The van der Waals surface area contributed by atoms with E-state index in [1.54, 1.807) is 24.4 Å². The van der Waals surface area contributed by atoms with Crippen LogP contribution in [0.5, 0.6) is 0 Å². The fraction of sp³-hybridized carbons (Fsp3) is 0.0833. The van der Waals surface area contributed by atoms with Crippen LogP contribution in [0.15, 0.2) is 36.7 Å². The van der Waals surface area contributed by atoms with Gasteiger partial charge in [-0.3, -0.25) is 4.98 Å². The van der Waals surface area contributed by atoms with Crippen molar-refractivity contribution >= 4 is 5.97 Å². The Morgan fingerprint density at radius 1 is 1.25 bits per heavy atom. The predicted octanol–water partition coefficient (Wildman–Crippen LogP) is 2.15. The molecule has 0 spiro atoms. The number of pyridine rings is 2. The first kappa shape index (κ1) is 10.3. The number of carboxylic acids is 1. The lowest BCUT2D eigenvalue weighted by molar-refractivity contribution is 0.0691. The standard InChI is InChI=1S/C12H10N2O2/c1-8-7-9(4-6-13-8)10-3-2-5-14-11(10)12(15)16/h2-7H,1H3,(H,15,16). The number of aryl methyl sites for hydroxylation is 1. The Balaban J connectivity index is 2.60. The van der Waals surface area contributed by atoms with Gasteiger partial charge >= 0.3 is 5.97 Å². The number of carboxylic acid groups (broad SMARTS) is 1. The van der Waals surface area contributed by atoms with Crippen molar-refractivity contribution in [1.29, 1.82) is 0 Å². The average molecular weight is 214 g/mol. The summed E-state index contributed by atoms with van der Waals surface area (Å²) in [6.07, 6.45) is 3.13. The van der Waals surface area contributed by atoms with Crippen molar-refractivity contribution in [3.8, 4) is 11.1 Å². The summed E-state index contributed by atoms with van der Waals surface area (Å²) in [5, 5.41) is 9.02. The normalized spacial score (nSPS) is 10.1. The van der Waals surface area contributed by atoms with Gasteiger partial charge in [-0.15, -0.1) is 0 Å². The highest BCUT2D eigenvalue weighted by atomic mass is 16.4. The van der Waals surface area contributed by atoms with Crippen LogP contribution in [0.2, 0.25) is 0 Å². The Kier molecular flexibility index (Phi) is 2.64. The first-order valence-corrected chi connectivity index (χ1v) is 4.80. The molecule has 2 aromatic rings. The highest BCUT2D eigenvalue weighted by Gasteiger charge is 2.12. The Morgan fingerprint density at radius 2 is 2.06 bits per heavy atom. The third-order valence-electron chi connectivity index (χ3n) is 2.22. The van der Waals surface area contributed by atoms with E-state index < -0.39 is 5.97 Å². The molecule has 2 aromatic heterocycles. The van der Waals surface area contributed by atoms with Gasteiger partial charge < -0.3 is 5.11 Å². The number of aromatic nitrogens is 2. The van der Waals surface area contributed by atoms with Gasteiger partial charge in [0.05, 0.1) is 0 Å². The van der Waals surface area contributed by atoms with Crippen LogP contribution in [0, 0.1) is 6.92 Å². The lowest BCUT2D eigenvalue weighted by atomic mass is 10.0. The molecule has 16 heavy (non-hydrogen) atoms. The van der Waals surface area contributed by atoms with Gasteiger partial charge in [0.15, 0.2) is 5.69 Å². The van der Waals surface area contributed by atoms with E-state index in [4.69, 9.17) is 5.11 Å². The molecule has 0 aliphatic carbocycles. The summed E-state index contributed by atoms with van der Waals surface area (Å²) in [6, 6.07) is 7.07. The molecule has 2 heterocycles. The first-order valence-electron chi connectivity index (χ1n) is 4.80. The summed E-state index contributed by atoms with van der Waals surface area (Å²) in [4.78, 5) is 18.9. The second-order valence-electron chi connectivity index (χ2n) is 3.39. The molecule has 2 rings (SSSR count). The van der Waals surface area contributed by atoms with E-state index in [1.807, 2.05) is 13.0 Å². The number of nitrogens with zero attached hydrogens (tertiary/aromatic N) is 2. The number of aromatic carboxylic acids is 1. The van der Waals surface area contributed by atoms with Crippen LogP contribution >= 0.6 is 0 Å². The summed E-state index contributed by atoms with van der Waals surface area (Å²) < 4.78 is 0. The van der Waals surface area contributed by atoms with E-state index in [9.17, 15) is 4.79 Å². The van der Waals surface area contributed by atoms with Gasteiger partial charge in [-0.25, -0.2) is 9.78 Å². The van der Waals surface area contributed by atoms with Crippen LogP contribution in [0.4, 0.5) is 0 Å². The van der Waals surface area contributed by atoms with E-state index in [0.717, 1.165) is 11.3 Å². The number of rotatable bonds is 2. The molecule has 0 aliphatic heterocycles. The third-order valence-corrected chi connectivity index (χ3v) is 2.22. The summed E-state index contributed by atoms with van der Waals surface area (Å²) in [6.45, 7) is 1.86. The van der Waals surface area contributed by atoms with Gasteiger partial charge in [0.25, 0.3) is 0 Å². The van der Waals surface area contributed by atoms with E-state index >= 15 is 0 Å². The minimum Gasteiger partial charge on any atom is -0.476 e. The average Bonchev–Trinajstić information content (AvgIpc) is 2.29. The first-order chi connectivity index (χ1) is 7.68. The van der Waals surface area contributed by atoms with E-state index in [0.29, 0.717) is 5.56 Å². The molecule has 0 aliphatic rings. The number of hydrogen-bond acceptors (Lipinski definition) is 3. The van der Waals surface area contributed by atoms with E-state index in [2.05, 4.69) is 9.97 Å². The van der Waals surface area contributed by atoms with Crippen molar-refractivity contribution in [2.75, 3.05) is 0 Å². The highest BCUT2D eigenvalue weighted by molar-refractivity contribution is 5.93. The van der Waals surface area contributed by atoms with Crippen molar-refractivity contribution in [3.05, 3.63) is 48.0 Å². The minimum absolute atomic E-state index is 0.0631. The molecule has 4 heteroatoms. The minimum atomic E-state index is -1.02. The lowest BCUT2D eigenvalue weighted by Crippen LogP contribution is -2.02. The lowest BCUT2D eigenvalue weighted by Gasteiger charge is -2.05. The maximum absolute atomic E-state index is 11.0. The van der Waals surface area contributed by atoms with E-state index in [-0.39, 0.29) is 5.69 Å². The second kappa shape index (κ2) is 4.10. The molecular formula is C12H10N2O2. The zero-order valence-corrected chi connectivity index (χ0v) is 8.71. The van der Waals surface area contributed by atoms with Gasteiger partial charge in [-0.1, -0.05) is 6.07 Å². The summed E-state index contributed by atoms with van der Waals surface area (Å²) in [5.41, 5.74) is 2.34. The monoisotopic (exact) mass is 214 g/mol. The van der Waals surface area contributed by atoms with Gasteiger partial charge in [0, 0.05) is 23.7 Å². The van der Waals surface area contributed by atoms with Crippen LogP contribution in [-0.4, -0.2) is 21.0 Å². The molecule has 0 unspecified atom stereocenters. The Hall–Kier alpha value is -2.23. The molecule has 1 N–H and O–H groups in total. The second-order valence-corrected chi connectivity index (χ2v) is 3.39. The van der Waals surface area contributed by atoms with Crippen LogP contribution < -0.4 is 0 Å². The van der Waals surface area contributed by atoms with Crippen LogP contribution in [0.3, 0.4) is 0 Å². The van der Waals surface area contributed by atoms with Crippen LogP contribution in [0.1, 0.15) is 16.2 Å². The molecule has 0 saturated heterocycles. The molecule has 0 aromatic carbocycles. The van der Waals surface area contributed by atoms with E-state index in [1.165, 1.54) is 6.20 Å². The fourth-order valence-corrected chi connectivity index (χ4v) is 1.52. The molecule has 0 amide bonds. The Labute approximate surface area is 92.6 Å². The summed E-state index contributed by atoms with van der Waals surface area (Å²) >= 11 is 0.